The zero-order valence-electron chi connectivity index (χ0n) is 61.4. The number of aromatic nitrogens is 4. The Morgan fingerprint density at radius 3 is 1.06 bits per heavy atom. The molecule has 0 spiro atoms. The largest absolute Gasteiger partial charge is 0.367 e. The van der Waals surface area contributed by atoms with Crippen molar-refractivity contribution in [2.24, 2.45) is 23.7 Å². The van der Waals surface area contributed by atoms with E-state index < -0.39 is 50.1 Å². The smallest absolute Gasteiger partial charge is 0.254 e. The summed E-state index contributed by atoms with van der Waals surface area (Å²) in [5.74, 6) is 4.00. The van der Waals surface area contributed by atoms with Crippen LogP contribution in [0, 0.1) is 23.7 Å². The second kappa shape index (κ2) is 39.1. The number of hydrogen-bond donors (Lipinski definition) is 8. The third-order valence-electron chi connectivity index (χ3n) is 18.8. The number of nitrogens with one attached hydrogen (secondary N) is 8. The first-order chi connectivity index (χ1) is 47.5. The summed E-state index contributed by atoms with van der Waals surface area (Å²) in [7, 11) is -2.34. The van der Waals surface area contributed by atoms with E-state index in [1.54, 1.807) is 139 Å². The lowest BCUT2D eigenvalue weighted by Gasteiger charge is -2.30. The van der Waals surface area contributed by atoms with E-state index >= 15 is 0 Å². The van der Waals surface area contributed by atoms with Gasteiger partial charge in [0.2, 0.25) is 40.1 Å². The van der Waals surface area contributed by atoms with Crippen LogP contribution in [-0.2, 0) is 40.1 Å². The van der Waals surface area contributed by atoms with Gasteiger partial charge in [-0.3, -0.25) is 14.4 Å². The van der Waals surface area contributed by atoms with Gasteiger partial charge in [-0.2, -0.15) is 0 Å². The number of thiazole rings is 1. The molecule has 0 bridgehead atoms. The van der Waals surface area contributed by atoms with Crippen molar-refractivity contribution in [3.05, 3.63) is 95.9 Å². The molecule has 564 valence electrons. The molecule has 8 N–H and O–H groups in total. The Morgan fingerprint density at radius 1 is 0.455 bits per heavy atom. The fraction of sp³-hybridized carbons (Fsp3) is 0.643. The number of nitrogens with zero attached hydrogens (tertiary/aromatic N) is 7. The van der Waals surface area contributed by atoms with Gasteiger partial charge < -0.3 is 36.0 Å². The monoisotopic (exact) mass is 1500 g/mol. The van der Waals surface area contributed by atoms with E-state index in [4.69, 9.17) is 0 Å². The maximum absolute atomic E-state index is 12.2. The number of amides is 3. The second-order valence-electron chi connectivity index (χ2n) is 28.7. The summed E-state index contributed by atoms with van der Waals surface area (Å²) in [6.07, 6.45) is 20.8. The van der Waals surface area contributed by atoms with Gasteiger partial charge in [0.05, 0.1) is 48.4 Å². The van der Waals surface area contributed by atoms with Crippen molar-refractivity contribution in [3.63, 3.8) is 0 Å². The second-order valence-corrected chi connectivity index (χ2v) is 38.8. The van der Waals surface area contributed by atoms with Gasteiger partial charge in [0, 0.05) is 111 Å². The van der Waals surface area contributed by atoms with Gasteiger partial charge in [-0.25, -0.2) is 72.5 Å². The standard InChI is InChI=1S/C19H32N4O3S.C18H30N4O3S.C17H28N4O3S.C16H23N3O2S2/c1-19(2,3)27(25,26)21-12-14-6-9-16(10-7-14)22-17-11-8-15(13-20-17)18(24)23(4)5;1-13(2)26(24,25)20-11-14-5-8-16(9-6-14)21-17-10-7-15(12-19-17)18(23)22(3)4;1-4-25(23,24)19-11-13-5-8-15(9-6-13)20-16-10-7-14(12-18-16)17(22)21(2)3;1-2-23(20,21)17-11-12-7-9-13(10-8-12)18-16-19-14-5-3-4-6-15(14)22-16/h8,11,13-14,16,21H,6-7,9-10,12H2,1-5H3,(H,20,22);7,10,12-14,16,20H,5-6,8-9,11H2,1-4H3,(H,19,21);7,10,12-13,15,19H,4-6,8-9,11H2,1-3H3,(H,18,20);3-6,12-13,17H,2,7-11H2,1H3,(H,18,19). The molecule has 0 aliphatic heterocycles. The van der Waals surface area contributed by atoms with Crippen LogP contribution < -0.4 is 40.2 Å². The first kappa shape index (κ1) is 83.8. The lowest BCUT2D eigenvalue weighted by molar-refractivity contribution is 0.0820. The molecule has 0 radical (unpaired) electrons. The van der Waals surface area contributed by atoms with Crippen LogP contribution in [0.25, 0.3) is 10.2 Å². The Bertz CT molecular complexity index is 3810. The molecule has 0 saturated heterocycles. The summed E-state index contributed by atoms with van der Waals surface area (Å²) >= 11 is 1.69. The first-order valence-electron chi connectivity index (χ1n) is 35.4. The predicted molar refractivity (Wildman–Crippen MR) is 408 cm³/mol. The van der Waals surface area contributed by atoms with Gasteiger partial charge in [0.25, 0.3) is 17.7 Å². The molecule has 31 heteroatoms. The van der Waals surface area contributed by atoms with Gasteiger partial charge in [0.1, 0.15) is 17.5 Å². The summed E-state index contributed by atoms with van der Waals surface area (Å²) in [6.45, 7) is 13.9. The van der Waals surface area contributed by atoms with Gasteiger partial charge >= 0.3 is 0 Å². The van der Waals surface area contributed by atoms with E-state index in [1.165, 1.54) is 19.4 Å². The van der Waals surface area contributed by atoms with Crippen molar-refractivity contribution >= 4 is 102 Å². The molecule has 26 nitrogen and oxygen atoms in total. The molecule has 4 saturated carbocycles. The van der Waals surface area contributed by atoms with Gasteiger partial charge in [-0.05, 0) is 223 Å². The zero-order valence-corrected chi connectivity index (χ0v) is 65.5. The number of fused-ring (bicyclic) bond motifs is 1. The molecule has 4 aliphatic carbocycles. The highest BCUT2D eigenvalue weighted by molar-refractivity contribution is 7.91. The maximum Gasteiger partial charge on any atom is 0.254 e. The molecular formula is C70H113N15O11S5. The van der Waals surface area contributed by atoms with Gasteiger partial charge in [-0.1, -0.05) is 23.5 Å². The normalized spacial score (nSPS) is 21.2. The van der Waals surface area contributed by atoms with Crippen LogP contribution in [0.3, 0.4) is 0 Å². The number of pyridine rings is 3. The number of para-hydroxylation sites is 1. The van der Waals surface area contributed by atoms with E-state index in [2.05, 4.69) is 66.2 Å². The van der Waals surface area contributed by atoms with Crippen LogP contribution in [0.5, 0.6) is 0 Å². The lowest BCUT2D eigenvalue weighted by Crippen LogP contribution is -2.42. The molecule has 4 aliphatic rings. The highest BCUT2D eigenvalue weighted by Crippen LogP contribution is 2.32. The fourth-order valence-electron chi connectivity index (χ4n) is 11.9. The summed E-state index contributed by atoms with van der Waals surface area (Å²) < 4.78 is 105. The molecule has 3 amide bonds. The summed E-state index contributed by atoms with van der Waals surface area (Å²) in [5, 5.41) is 14.4. The number of carbonyl (C=O) groups excluding carboxylic acids is 3. The van der Waals surface area contributed by atoms with Crippen LogP contribution in [0.1, 0.15) is 182 Å². The number of anilines is 4. The number of rotatable bonds is 26. The minimum Gasteiger partial charge on any atom is -0.367 e. The average molecular weight is 1500 g/mol. The van der Waals surface area contributed by atoms with Crippen molar-refractivity contribution in [1.29, 1.82) is 0 Å². The molecule has 0 unspecified atom stereocenters. The summed E-state index contributed by atoms with van der Waals surface area (Å²) in [4.78, 5) is 57.8. The minimum atomic E-state index is -3.28. The zero-order chi connectivity index (χ0) is 74.3. The van der Waals surface area contributed by atoms with Crippen molar-refractivity contribution < 1.29 is 48.1 Å². The number of hydrogen-bond acceptors (Lipinski definition) is 20. The SMILES string of the molecule is CC(C)S(=O)(=O)NCC1CCC(Nc2ccc(C(=O)N(C)C)cn2)CC1.CCS(=O)(=O)NCC1CCC(Nc2ccc(C(=O)N(C)C)cn2)CC1.CCS(=O)(=O)NCC1CCC(Nc2nc3ccccc3s2)CC1.CN(C)C(=O)c1ccc(NC2CCC(CNS(=O)(=O)C(C)(C)C)CC2)nc1. The predicted octanol–water partition coefficient (Wildman–Crippen LogP) is 9.45. The number of benzene rings is 1. The molecule has 9 rings (SSSR count). The molecule has 4 fully saturated rings. The molecule has 4 aromatic heterocycles. The van der Waals surface area contributed by atoms with Crippen LogP contribution in [-0.4, -0.2) is 200 Å². The van der Waals surface area contributed by atoms with Crippen LogP contribution in [0.4, 0.5) is 22.6 Å². The Morgan fingerprint density at radius 2 is 0.772 bits per heavy atom. The summed E-state index contributed by atoms with van der Waals surface area (Å²) in [5.41, 5.74) is 2.76. The average Bonchev–Trinajstić information content (AvgIpc) is 1.53. The Hall–Kier alpha value is -6.19. The first-order valence-corrected chi connectivity index (χ1v) is 42.6. The minimum absolute atomic E-state index is 0.0610. The van der Waals surface area contributed by atoms with Crippen LogP contribution in [0.15, 0.2) is 79.3 Å². The molecule has 101 heavy (non-hydrogen) atoms. The maximum atomic E-state index is 12.2. The van der Waals surface area contributed by atoms with Crippen LogP contribution >= 0.6 is 11.3 Å². The van der Waals surface area contributed by atoms with Crippen molar-refractivity contribution in [3.8, 4) is 0 Å². The quantitative estimate of drug-likeness (QED) is 0.0255. The molecular weight excluding hydrogens is 1390 g/mol. The fourth-order valence-corrected chi connectivity index (χ4v) is 15.9. The van der Waals surface area contributed by atoms with Crippen LogP contribution in [0.2, 0.25) is 0 Å². The van der Waals surface area contributed by atoms with Gasteiger partial charge in [0.15, 0.2) is 5.13 Å². The van der Waals surface area contributed by atoms with E-state index in [0.717, 1.165) is 131 Å². The Labute approximate surface area is 606 Å². The van der Waals surface area contributed by atoms with E-state index in [-0.39, 0.29) is 29.2 Å². The highest BCUT2D eigenvalue weighted by Gasteiger charge is 2.32. The van der Waals surface area contributed by atoms with Crippen molar-refractivity contribution in [2.75, 3.05) is 101 Å². The van der Waals surface area contributed by atoms with Crippen molar-refractivity contribution in [1.82, 2.24) is 53.5 Å². The van der Waals surface area contributed by atoms with E-state index in [0.29, 0.717) is 90.7 Å². The number of sulfonamides is 4. The Kier molecular flexibility index (Phi) is 32.4. The third kappa shape index (κ3) is 28.1. The highest BCUT2D eigenvalue weighted by atomic mass is 32.2. The molecule has 1 aromatic carbocycles. The van der Waals surface area contributed by atoms with E-state index in [9.17, 15) is 48.1 Å². The van der Waals surface area contributed by atoms with E-state index in [1.807, 2.05) is 36.4 Å². The number of carbonyl (C=O) groups is 3. The molecule has 0 atom stereocenters. The van der Waals surface area contributed by atoms with Gasteiger partial charge in [-0.15, -0.1) is 0 Å². The third-order valence-corrected chi connectivity index (χ3v) is 26.5. The van der Waals surface area contributed by atoms with Crippen molar-refractivity contribution in [2.45, 2.75) is 185 Å². The molecule has 5 aromatic rings. The molecule has 4 heterocycles. The topological polar surface area (TPSA) is 345 Å². The summed E-state index contributed by atoms with van der Waals surface area (Å²) in [6, 6.07) is 20.4. The Balaban J connectivity index is 0.000000212. The lowest BCUT2D eigenvalue weighted by atomic mass is 9.86.